The Balaban J connectivity index is 3.07. The fraction of sp³-hybridized carbons (Fsp3) is 0.714. The molecule has 3 unspecified atom stereocenters. The highest BCUT2D eigenvalue weighted by Gasteiger charge is 2.56. The van der Waals surface area contributed by atoms with Crippen LogP contribution in [0.3, 0.4) is 0 Å². The highest BCUT2D eigenvalue weighted by Crippen LogP contribution is 2.54. The first-order chi connectivity index (χ1) is 7.08. The molecule has 1 rings (SSSR count). The Labute approximate surface area is 90.2 Å². The highest BCUT2D eigenvalue weighted by atomic mass is 31.2. The van der Waals surface area contributed by atoms with Gasteiger partial charge in [-0.15, -0.1) is 0 Å². The van der Waals surface area contributed by atoms with Crippen LogP contribution >= 0.6 is 7.60 Å². The van der Waals surface area contributed by atoms with E-state index >= 15 is 0 Å². The van der Waals surface area contributed by atoms with E-state index in [0.717, 1.165) is 0 Å². The minimum absolute atomic E-state index is 0.479. The van der Waals surface area contributed by atoms with Gasteiger partial charge in [-0.05, 0) is 12.8 Å². The van der Waals surface area contributed by atoms with E-state index in [0.29, 0.717) is 0 Å². The molecule has 0 bridgehead atoms. The predicted octanol–water partition coefficient (Wildman–Crippen LogP) is -1.19. The standard InChI is InChI=1S/C7H12NO7P/c8-7(6(11)12)1-3(5(9)10)4(2-7)16(13,14)15/h3-4H,1-2,8H2,(H,9,10)(H,11,12)(H2,13,14,15). The second-order valence-corrected chi connectivity index (χ2v) is 5.81. The summed E-state index contributed by atoms with van der Waals surface area (Å²) in [5.74, 6) is -4.32. The molecule has 1 aliphatic carbocycles. The third kappa shape index (κ3) is 2.25. The second-order valence-electron chi connectivity index (χ2n) is 3.97. The molecular formula is C7H12NO7P. The maximum atomic E-state index is 11.0. The molecule has 16 heavy (non-hydrogen) atoms. The normalized spacial score (nSPS) is 34.9. The number of hydrogen-bond acceptors (Lipinski definition) is 4. The van der Waals surface area contributed by atoms with Gasteiger partial charge in [-0.1, -0.05) is 0 Å². The molecule has 0 amide bonds. The van der Waals surface area contributed by atoms with E-state index in [1.165, 1.54) is 0 Å². The zero-order valence-electron chi connectivity index (χ0n) is 8.11. The molecule has 1 aliphatic rings. The molecular weight excluding hydrogens is 241 g/mol. The average Bonchev–Trinajstić information content (AvgIpc) is 2.44. The molecule has 0 aromatic heterocycles. The lowest BCUT2D eigenvalue weighted by Crippen LogP contribution is -2.46. The van der Waals surface area contributed by atoms with Gasteiger partial charge in [0.2, 0.25) is 0 Å². The van der Waals surface area contributed by atoms with Crippen LogP contribution in [0.25, 0.3) is 0 Å². The molecule has 6 N–H and O–H groups in total. The third-order valence-electron chi connectivity index (χ3n) is 2.80. The molecule has 0 aromatic carbocycles. The van der Waals surface area contributed by atoms with Crippen molar-refractivity contribution in [3.05, 3.63) is 0 Å². The summed E-state index contributed by atoms with van der Waals surface area (Å²) in [4.78, 5) is 39.5. The monoisotopic (exact) mass is 253 g/mol. The molecule has 0 aromatic rings. The summed E-state index contributed by atoms with van der Waals surface area (Å²) in [5, 5.41) is 17.6. The predicted molar refractivity (Wildman–Crippen MR) is 50.7 cm³/mol. The van der Waals surface area contributed by atoms with E-state index in [2.05, 4.69) is 0 Å². The van der Waals surface area contributed by atoms with Gasteiger partial charge in [-0.2, -0.15) is 0 Å². The lowest BCUT2D eigenvalue weighted by molar-refractivity contribution is -0.144. The minimum Gasteiger partial charge on any atom is -0.481 e. The average molecular weight is 253 g/mol. The summed E-state index contributed by atoms with van der Waals surface area (Å²) in [6, 6.07) is 0. The maximum Gasteiger partial charge on any atom is 0.329 e. The van der Waals surface area contributed by atoms with Crippen LogP contribution in [0.2, 0.25) is 0 Å². The first-order valence-corrected chi connectivity index (χ1v) is 6.06. The first kappa shape index (κ1) is 13.1. The molecule has 1 saturated carbocycles. The summed E-state index contributed by atoms with van der Waals surface area (Å²) < 4.78 is 11.0. The van der Waals surface area contributed by atoms with E-state index in [-0.39, 0.29) is 0 Å². The van der Waals surface area contributed by atoms with Gasteiger partial charge in [-0.3, -0.25) is 14.2 Å². The summed E-state index contributed by atoms with van der Waals surface area (Å²) in [7, 11) is -4.67. The zero-order chi connectivity index (χ0) is 12.7. The Bertz CT molecular complexity index is 377. The van der Waals surface area contributed by atoms with Gasteiger partial charge < -0.3 is 25.7 Å². The Morgan fingerprint density at radius 1 is 1.25 bits per heavy atom. The van der Waals surface area contributed by atoms with Crippen molar-refractivity contribution in [1.29, 1.82) is 0 Å². The lowest BCUT2D eigenvalue weighted by atomic mass is 9.98. The van der Waals surface area contributed by atoms with Gasteiger partial charge in [0.25, 0.3) is 0 Å². The molecule has 8 nitrogen and oxygen atoms in total. The van der Waals surface area contributed by atoms with E-state index in [4.69, 9.17) is 25.7 Å². The lowest BCUT2D eigenvalue weighted by Gasteiger charge is -2.18. The summed E-state index contributed by atoms with van der Waals surface area (Å²) >= 11 is 0. The fourth-order valence-corrected chi connectivity index (χ4v) is 3.17. The number of nitrogens with two attached hydrogens (primary N) is 1. The van der Waals surface area contributed by atoms with Crippen LogP contribution in [0.1, 0.15) is 12.8 Å². The molecule has 92 valence electrons. The van der Waals surface area contributed by atoms with Crippen molar-refractivity contribution >= 4 is 19.5 Å². The SMILES string of the molecule is NC1(C(=O)O)CC(C(=O)O)C(P(=O)(O)O)C1. The highest BCUT2D eigenvalue weighted by molar-refractivity contribution is 7.52. The van der Waals surface area contributed by atoms with E-state index < -0.39 is 49.5 Å². The number of rotatable bonds is 3. The van der Waals surface area contributed by atoms with Gasteiger partial charge >= 0.3 is 19.5 Å². The van der Waals surface area contributed by atoms with E-state index in [1.807, 2.05) is 0 Å². The van der Waals surface area contributed by atoms with Crippen LogP contribution in [0.4, 0.5) is 0 Å². The number of hydrogen-bond donors (Lipinski definition) is 5. The van der Waals surface area contributed by atoms with Crippen LogP contribution < -0.4 is 5.73 Å². The van der Waals surface area contributed by atoms with Crippen molar-refractivity contribution in [2.45, 2.75) is 24.0 Å². The zero-order valence-corrected chi connectivity index (χ0v) is 9.00. The second kappa shape index (κ2) is 3.81. The van der Waals surface area contributed by atoms with Gasteiger partial charge in [0.05, 0.1) is 11.6 Å². The van der Waals surface area contributed by atoms with Gasteiger partial charge in [-0.25, -0.2) is 0 Å². The van der Waals surface area contributed by atoms with Gasteiger partial charge in [0.15, 0.2) is 0 Å². The molecule has 0 saturated heterocycles. The van der Waals surface area contributed by atoms with Crippen molar-refractivity contribution < 1.29 is 34.2 Å². The molecule has 1 fully saturated rings. The van der Waals surface area contributed by atoms with Crippen molar-refractivity contribution in [2.75, 3.05) is 0 Å². The summed E-state index contributed by atoms with van der Waals surface area (Å²) in [6.07, 6.45) is -1.02. The quantitative estimate of drug-likeness (QED) is 0.392. The number of carbonyl (C=O) groups is 2. The summed E-state index contributed by atoms with van der Waals surface area (Å²) in [5.41, 5.74) is 1.99. The Hall–Kier alpha value is -0.950. The Kier molecular flexibility index (Phi) is 3.13. The van der Waals surface area contributed by atoms with Crippen LogP contribution in [0.5, 0.6) is 0 Å². The molecule has 0 aliphatic heterocycles. The van der Waals surface area contributed by atoms with E-state index in [1.54, 1.807) is 0 Å². The first-order valence-electron chi connectivity index (χ1n) is 4.38. The van der Waals surface area contributed by atoms with Gasteiger partial charge in [0.1, 0.15) is 5.54 Å². The van der Waals surface area contributed by atoms with Crippen LogP contribution in [0, 0.1) is 5.92 Å². The van der Waals surface area contributed by atoms with E-state index in [9.17, 15) is 14.2 Å². The molecule has 0 radical (unpaired) electrons. The van der Waals surface area contributed by atoms with Gasteiger partial charge in [0, 0.05) is 0 Å². The van der Waals surface area contributed by atoms with Crippen molar-refractivity contribution in [3.8, 4) is 0 Å². The molecule has 3 atom stereocenters. The van der Waals surface area contributed by atoms with Crippen molar-refractivity contribution in [3.63, 3.8) is 0 Å². The smallest absolute Gasteiger partial charge is 0.329 e. The molecule has 0 spiro atoms. The molecule has 9 heteroatoms. The van der Waals surface area contributed by atoms with Crippen molar-refractivity contribution in [1.82, 2.24) is 0 Å². The topological polar surface area (TPSA) is 158 Å². The number of aliphatic carboxylic acids is 2. The largest absolute Gasteiger partial charge is 0.481 e. The van der Waals surface area contributed by atoms with Crippen LogP contribution in [-0.2, 0) is 14.2 Å². The maximum absolute atomic E-state index is 11.0. The van der Waals surface area contributed by atoms with Crippen LogP contribution in [0.15, 0.2) is 0 Å². The number of carboxylic acid groups (broad SMARTS) is 2. The summed E-state index contributed by atoms with van der Waals surface area (Å²) in [6.45, 7) is 0. The Morgan fingerprint density at radius 3 is 2.00 bits per heavy atom. The Morgan fingerprint density at radius 2 is 1.75 bits per heavy atom. The van der Waals surface area contributed by atoms with Crippen LogP contribution in [-0.4, -0.2) is 43.1 Å². The molecule has 0 heterocycles. The van der Waals surface area contributed by atoms with Crippen molar-refractivity contribution in [2.24, 2.45) is 11.7 Å². The minimum atomic E-state index is -4.67. The third-order valence-corrected chi connectivity index (χ3v) is 4.20. The number of carboxylic acids is 2. The fourth-order valence-electron chi connectivity index (χ4n) is 1.91.